The standard InChI is InChI=1S/C51H88O5/c1-3-5-7-9-11-13-15-17-18-19-20-21-22-23-24-25-26-27-28-29-30-31-32-34-36-38-40-42-44-46-51(54)56-49(47-52)48-55-50(53)45-43-41-39-37-35-33-16-14-12-10-8-6-4-2/h5,7,11,13-14,16-18,20-21,23-24,49,52H,3-4,6,8-10,12,15,19,22,25-48H2,1-2H3/b7-5-,13-11-,16-14-,18-17-,21-20-,24-23-. The highest BCUT2D eigenvalue weighted by Crippen LogP contribution is 2.15. The second kappa shape index (κ2) is 46.7. The van der Waals surface area contributed by atoms with Crippen molar-refractivity contribution >= 4 is 11.9 Å². The van der Waals surface area contributed by atoms with E-state index in [2.05, 4.69) is 86.8 Å². The van der Waals surface area contributed by atoms with Gasteiger partial charge in [0.05, 0.1) is 6.61 Å². The molecule has 0 aromatic rings. The molecule has 0 rings (SSSR count). The first-order valence-corrected chi connectivity index (χ1v) is 23.5. The molecule has 322 valence electrons. The number of esters is 2. The van der Waals surface area contributed by atoms with Crippen LogP contribution in [0.5, 0.6) is 0 Å². The number of aliphatic hydroxyl groups excluding tert-OH is 1. The third-order valence-electron chi connectivity index (χ3n) is 9.98. The lowest BCUT2D eigenvalue weighted by Crippen LogP contribution is -2.28. The Morgan fingerprint density at radius 2 is 0.768 bits per heavy atom. The van der Waals surface area contributed by atoms with E-state index < -0.39 is 6.10 Å². The molecule has 0 saturated carbocycles. The Kier molecular flexibility index (Phi) is 44.5. The molecule has 1 N–H and O–H groups in total. The van der Waals surface area contributed by atoms with Crippen molar-refractivity contribution in [1.82, 2.24) is 0 Å². The van der Waals surface area contributed by atoms with Crippen LogP contribution in [0, 0.1) is 0 Å². The summed E-state index contributed by atoms with van der Waals surface area (Å²) in [5.74, 6) is -0.602. The summed E-state index contributed by atoms with van der Waals surface area (Å²) >= 11 is 0. The fourth-order valence-corrected chi connectivity index (χ4v) is 6.46. The molecule has 56 heavy (non-hydrogen) atoms. The minimum Gasteiger partial charge on any atom is -0.462 e. The van der Waals surface area contributed by atoms with Gasteiger partial charge in [-0.05, 0) is 83.5 Å². The number of ether oxygens (including phenoxy) is 2. The summed E-state index contributed by atoms with van der Waals surface area (Å²) < 4.78 is 10.6. The summed E-state index contributed by atoms with van der Waals surface area (Å²) in [4.78, 5) is 24.3. The summed E-state index contributed by atoms with van der Waals surface area (Å²) in [6, 6.07) is 0. The smallest absolute Gasteiger partial charge is 0.306 e. The van der Waals surface area contributed by atoms with E-state index in [1.165, 1.54) is 116 Å². The summed E-state index contributed by atoms with van der Waals surface area (Å²) in [7, 11) is 0. The Morgan fingerprint density at radius 1 is 0.429 bits per heavy atom. The number of carbonyl (C=O) groups is 2. The molecule has 0 aliphatic carbocycles. The average molecular weight is 781 g/mol. The van der Waals surface area contributed by atoms with Crippen molar-refractivity contribution in [2.45, 2.75) is 225 Å². The van der Waals surface area contributed by atoms with Crippen molar-refractivity contribution in [2.24, 2.45) is 0 Å². The van der Waals surface area contributed by atoms with Gasteiger partial charge >= 0.3 is 11.9 Å². The molecule has 0 amide bonds. The number of hydrogen-bond acceptors (Lipinski definition) is 5. The predicted molar refractivity (Wildman–Crippen MR) is 242 cm³/mol. The first-order chi connectivity index (χ1) is 27.6. The van der Waals surface area contributed by atoms with Crippen molar-refractivity contribution < 1.29 is 24.2 Å². The van der Waals surface area contributed by atoms with Gasteiger partial charge in [0.2, 0.25) is 0 Å². The minimum absolute atomic E-state index is 0.0718. The maximum atomic E-state index is 12.2. The molecule has 0 aliphatic heterocycles. The molecule has 0 aromatic heterocycles. The van der Waals surface area contributed by atoms with Crippen molar-refractivity contribution in [3.8, 4) is 0 Å². The molecule has 5 heteroatoms. The summed E-state index contributed by atoms with van der Waals surface area (Å²) in [6.45, 7) is 4.00. The third-order valence-corrected chi connectivity index (χ3v) is 9.98. The lowest BCUT2D eigenvalue weighted by molar-refractivity contribution is -0.161. The summed E-state index contributed by atoms with van der Waals surface area (Å²) in [5, 5.41) is 9.59. The Morgan fingerprint density at radius 3 is 1.18 bits per heavy atom. The topological polar surface area (TPSA) is 72.8 Å². The van der Waals surface area contributed by atoms with E-state index in [0.29, 0.717) is 12.8 Å². The van der Waals surface area contributed by atoms with Gasteiger partial charge in [-0.3, -0.25) is 9.59 Å². The van der Waals surface area contributed by atoms with Gasteiger partial charge < -0.3 is 14.6 Å². The van der Waals surface area contributed by atoms with E-state index in [9.17, 15) is 14.7 Å². The molecule has 0 aliphatic rings. The Labute approximate surface area is 346 Å². The highest BCUT2D eigenvalue weighted by molar-refractivity contribution is 5.70. The van der Waals surface area contributed by atoms with E-state index in [1.807, 2.05) is 0 Å². The first-order valence-electron chi connectivity index (χ1n) is 23.5. The van der Waals surface area contributed by atoms with Gasteiger partial charge in [0, 0.05) is 12.8 Å². The molecule has 0 aromatic carbocycles. The van der Waals surface area contributed by atoms with E-state index in [0.717, 1.165) is 77.0 Å². The van der Waals surface area contributed by atoms with Crippen LogP contribution in [0.15, 0.2) is 72.9 Å². The van der Waals surface area contributed by atoms with Crippen LogP contribution in [-0.2, 0) is 19.1 Å². The summed E-state index contributed by atoms with van der Waals surface area (Å²) in [6.07, 6.45) is 62.7. The molecule has 0 fully saturated rings. The van der Waals surface area contributed by atoms with Crippen molar-refractivity contribution in [3.05, 3.63) is 72.9 Å². The van der Waals surface area contributed by atoms with Gasteiger partial charge in [-0.2, -0.15) is 0 Å². The van der Waals surface area contributed by atoms with Gasteiger partial charge in [-0.25, -0.2) is 0 Å². The van der Waals surface area contributed by atoms with E-state index in [4.69, 9.17) is 9.47 Å². The maximum absolute atomic E-state index is 12.2. The third kappa shape index (κ3) is 44.1. The van der Waals surface area contributed by atoms with Gasteiger partial charge in [0.15, 0.2) is 6.10 Å². The zero-order chi connectivity index (χ0) is 40.7. The molecule has 0 heterocycles. The second-order valence-corrected chi connectivity index (χ2v) is 15.4. The molecule has 0 spiro atoms. The van der Waals surface area contributed by atoms with Crippen LogP contribution in [0.4, 0.5) is 0 Å². The predicted octanol–water partition coefficient (Wildman–Crippen LogP) is 15.3. The Balaban J connectivity index is 3.51. The number of rotatable bonds is 42. The van der Waals surface area contributed by atoms with Crippen LogP contribution >= 0.6 is 0 Å². The summed E-state index contributed by atoms with van der Waals surface area (Å²) in [5.41, 5.74) is 0. The molecule has 5 nitrogen and oxygen atoms in total. The highest BCUT2D eigenvalue weighted by Gasteiger charge is 2.16. The lowest BCUT2D eigenvalue weighted by atomic mass is 10.0. The highest BCUT2D eigenvalue weighted by atomic mass is 16.6. The van der Waals surface area contributed by atoms with Crippen molar-refractivity contribution in [1.29, 1.82) is 0 Å². The Hall–Kier alpha value is -2.66. The monoisotopic (exact) mass is 781 g/mol. The second-order valence-electron chi connectivity index (χ2n) is 15.4. The number of hydrogen-bond donors (Lipinski definition) is 1. The molecule has 0 saturated heterocycles. The van der Waals surface area contributed by atoms with Crippen LogP contribution in [0.2, 0.25) is 0 Å². The van der Waals surface area contributed by atoms with Gasteiger partial charge in [-0.1, -0.05) is 196 Å². The number of unbranched alkanes of at least 4 members (excludes halogenated alkanes) is 22. The molecule has 1 atom stereocenters. The fraction of sp³-hybridized carbons (Fsp3) is 0.725. The SMILES string of the molecule is CC/C=C\C/C=C\C/C=C\C/C=C\C/C=C\CCCCCCCCCCCCCCCC(=O)OC(CO)COC(=O)CCCCCCC/C=C\CCCCCC. The van der Waals surface area contributed by atoms with Crippen molar-refractivity contribution in [2.75, 3.05) is 13.2 Å². The molecular weight excluding hydrogens is 693 g/mol. The Bertz CT molecular complexity index is 1020. The minimum atomic E-state index is -0.777. The lowest BCUT2D eigenvalue weighted by Gasteiger charge is -2.15. The van der Waals surface area contributed by atoms with E-state index in [-0.39, 0.29) is 25.2 Å². The quantitative estimate of drug-likeness (QED) is 0.0379. The largest absolute Gasteiger partial charge is 0.462 e. The normalized spacial score (nSPS) is 12.8. The van der Waals surface area contributed by atoms with Crippen LogP contribution in [0.25, 0.3) is 0 Å². The average Bonchev–Trinajstić information content (AvgIpc) is 3.20. The van der Waals surface area contributed by atoms with Crippen LogP contribution in [0.3, 0.4) is 0 Å². The van der Waals surface area contributed by atoms with Gasteiger partial charge in [0.1, 0.15) is 6.61 Å². The zero-order valence-electron chi connectivity index (χ0n) is 36.6. The zero-order valence-corrected chi connectivity index (χ0v) is 36.6. The van der Waals surface area contributed by atoms with E-state index >= 15 is 0 Å². The first kappa shape index (κ1) is 53.3. The number of aliphatic hydroxyl groups is 1. The van der Waals surface area contributed by atoms with Gasteiger partial charge in [-0.15, -0.1) is 0 Å². The molecule has 0 radical (unpaired) electrons. The van der Waals surface area contributed by atoms with E-state index in [1.54, 1.807) is 0 Å². The fourth-order valence-electron chi connectivity index (χ4n) is 6.46. The van der Waals surface area contributed by atoms with Crippen molar-refractivity contribution in [3.63, 3.8) is 0 Å². The number of carbonyl (C=O) groups excluding carboxylic acids is 2. The van der Waals surface area contributed by atoms with Crippen LogP contribution in [-0.4, -0.2) is 36.4 Å². The van der Waals surface area contributed by atoms with Crippen LogP contribution < -0.4 is 0 Å². The van der Waals surface area contributed by atoms with Crippen LogP contribution in [0.1, 0.15) is 219 Å². The molecule has 1 unspecified atom stereocenters. The maximum Gasteiger partial charge on any atom is 0.306 e. The molecular formula is C51H88O5. The molecule has 0 bridgehead atoms. The number of allylic oxidation sites excluding steroid dienone is 12. The van der Waals surface area contributed by atoms with Gasteiger partial charge in [0.25, 0.3) is 0 Å².